The topological polar surface area (TPSA) is 29.1 Å². The van der Waals surface area contributed by atoms with E-state index in [1.165, 1.54) is 19.3 Å². The molecule has 2 atom stereocenters. The predicted molar refractivity (Wildman–Crippen MR) is 63.9 cm³/mol. The molecule has 0 aromatic carbocycles. The molecule has 1 unspecified atom stereocenters. The molecule has 1 aliphatic rings. The number of hydrogen-bond acceptors (Lipinski definition) is 2. The summed E-state index contributed by atoms with van der Waals surface area (Å²) in [6.07, 6.45) is 4.74. The van der Waals surface area contributed by atoms with Gasteiger partial charge in [0.1, 0.15) is 5.78 Å². The van der Waals surface area contributed by atoms with E-state index in [2.05, 4.69) is 19.2 Å². The number of carbonyl (C=O) groups excluding carboxylic acids is 1. The minimum absolute atomic E-state index is 0.185. The van der Waals surface area contributed by atoms with Crippen molar-refractivity contribution in [2.75, 3.05) is 0 Å². The zero-order valence-electron chi connectivity index (χ0n) is 10.5. The van der Waals surface area contributed by atoms with Crippen molar-refractivity contribution in [1.82, 2.24) is 5.32 Å². The van der Waals surface area contributed by atoms with Gasteiger partial charge in [0.05, 0.1) is 0 Å². The van der Waals surface area contributed by atoms with Crippen molar-refractivity contribution in [2.24, 2.45) is 11.8 Å². The van der Waals surface area contributed by atoms with E-state index in [1.807, 2.05) is 13.8 Å². The van der Waals surface area contributed by atoms with Crippen LogP contribution in [0.15, 0.2) is 0 Å². The molecule has 0 aromatic heterocycles. The Kier molecular flexibility index (Phi) is 4.78. The van der Waals surface area contributed by atoms with Crippen LogP contribution < -0.4 is 5.32 Å². The van der Waals surface area contributed by atoms with Crippen molar-refractivity contribution < 1.29 is 4.79 Å². The Morgan fingerprint density at radius 2 is 1.73 bits per heavy atom. The number of carbonyl (C=O) groups is 1. The lowest BCUT2D eigenvalue weighted by atomic mass is 9.78. The molecule has 1 N–H and O–H groups in total. The Bertz CT molecular complexity index is 211. The van der Waals surface area contributed by atoms with Gasteiger partial charge in [-0.1, -0.05) is 40.5 Å². The first-order valence-corrected chi connectivity index (χ1v) is 6.32. The molecule has 0 saturated heterocycles. The maximum absolute atomic E-state index is 12.0. The molecule has 0 bridgehead atoms. The smallest absolute Gasteiger partial charge is 0.140 e. The van der Waals surface area contributed by atoms with Crippen LogP contribution in [0.3, 0.4) is 0 Å². The first-order chi connectivity index (χ1) is 7.02. The fourth-order valence-corrected chi connectivity index (χ4v) is 2.53. The summed E-state index contributed by atoms with van der Waals surface area (Å²) < 4.78 is 0. The highest BCUT2D eigenvalue weighted by Gasteiger charge is 2.31. The number of ketones is 1. The zero-order valence-corrected chi connectivity index (χ0v) is 10.5. The molecule has 0 spiro atoms. The molecule has 0 radical (unpaired) electrons. The molecular formula is C13H25NO. The average Bonchev–Trinajstić information content (AvgIpc) is 2.16. The summed E-state index contributed by atoms with van der Waals surface area (Å²) in [6.45, 7) is 8.35. The van der Waals surface area contributed by atoms with E-state index in [4.69, 9.17) is 0 Å². The predicted octanol–water partition coefficient (Wildman–Crippen LogP) is 2.77. The van der Waals surface area contributed by atoms with Gasteiger partial charge in [0.25, 0.3) is 0 Å². The minimum Gasteiger partial charge on any atom is -0.311 e. The van der Waals surface area contributed by atoms with Crippen LogP contribution in [0.25, 0.3) is 0 Å². The highest BCUT2D eigenvalue weighted by molar-refractivity contribution is 5.83. The molecule has 2 nitrogen and oxygen atoms in total. The van der Waals surface area contributed by atoms with Crippen LogP contribution in [0.1, 0.15) is 53.4 Å². The Morgan fingerprint density at radius 1 is 1.13 bits per heavy atom. The second kappa shape index (κ2) is 5.64. The lowest BCUT2D eigenvalue weighted by Crippen LogP contribution is -2.46. The highest BCUT2D eigenvalue weighted by Crippen LogP contribution is 2.27. The molecule has 88 valence electrons. The third kappa shape index (κ3) is 3.60. The van der Waals surface area contributed by atoms with Crippen molar-refractivity contribution in [3.8, 4) is 0 Å². The van der Waals surface area contributed by atoms with Crippen LogP contribution in [0.2, 0.25) is 0 Å². The Morgan fingerprint density at radius 3 is 2.27 bits per heavy atom. The van der Waals surface area contributed by atoms with Crippen molar-refractivity contribution in [3.05, 3.63) is 0 Å². The molecule has 0 aromatic rings. The van der Waals surface area contributed by atoms with Crippen LogP contribution in [0.4, 0.5) is 0 Å². The van der Waals surface area contributed by atoms with E-state index in [1.54, 1.807) is 0 Å². The van der Waals surface area contributed by atoms with Gasteiger partial charge < -0.3 is 5.32 Å². The molecule has 1 saturated carbocycles. The van der Waals surface area contributed by atoms with Crippen LogP contribution in [0.5, 0.6) is 0 Å². The van der Waals surface area contributed by atoms with Gasteiger partial charge in [-0.15, -0.1) is 0 Å². The van der Waals surface area contributed by atoms with Crippen LogP contribution in [-0.2, 0) is 4.79 Å². The Labute approximate surface area is 93.8 Å². The Hall–Kier alpha value is -0.370. The summed E-state index contributed by atoms with van der Waals surface area (Å²) in [6, 6.07) is 0.907. The summed E-state index contributed by atoms with van der Waals surface area (Å²) in [5.41, 5.74) is 0. The summed E-state index contributed by atoms with van der Waals surface area (Å²) >= 11 is 0. The standard InChI is InChI=1S/C13H25NO/c1-9(2)13(15)11-7-5-6-8-12(11)14-10(3)4/h9-12,14H,5-8H2,1-4H3/t11-,12?/m0/s1. The number of nitrogens with one attached hydrogen (secondary N) is 1. The second-order valence-electron chi connectivity index (χ2n) is 5.38. The summed E-state index contributed by atoms with van der Waals surface area (Å²) in [7, 11) is 0. The van der Waals surface area contributed by atoms with Crippen molar-refractivity contribution in [1.29, 1.82) is 0 Å². The van der Waals surface area contributed by atoms with E-state index in [0.717, 1.165) is 6.42 Å². The van der Waals surface area contributed by atoms with Crippen LogP contribution >= 0.6 is 0 Å². The van der Waals surface area contributed by atoms with Gasteiger partial charge in [-0.3, -0.25) is 4.79 Å². The molecule has 0 heterocycles. The van der Waals surface area contributed by atoms with E-state index in [-0.39, 0.29) is 11.8 Å². The second-order valence-corrected chi connectivity index (χ2v) is 5.38. The molecule has 1 aliphatic carbocycles. The van der Waals surface area contributed by atoms with Crippen LogP contribution in [-0.4, -0.2) is 17.9 Å². The number of hydrogen-bond donors (Lipinski definition) is 1. The van der Waals surface area contributed by atoms with Gasteiger partial charge in [0.15, 0.2) is 0 Å². The van der Waals surface area contributed by atoms with Gasteiger partial charge in [0.2, 0.25) is 0 Å². The van der Waals surface area contributed by atoms with Gasteiger partial charge >= 0.3 is 0 Å². The summed E-state index contributed by atoms with van der Waals surface area (Å²) in [5.74, 6) is 0.901. The van der Waals surface area contributed by atoms with Crippen molar-refractivity contribution >= 4 is 5.78 Å². The van der Waals surface area contributed by atoms with E-state index < -0.39 is 0 Å². The molecule has 2 heteroatoms. The SMILES string of the molecule is CC(C)NC1CCCC[C@@H]1C(=O)C(C)C. The molecule has 1 fully saturated rings. The highest BCUT2D eigenvalue weighted by atomic mass is 16.1. The molecule has 1 rings (SSSR count). The van der Waals surface area contributed by atoms with E-state index in [0.29, 0.717) is 17.9 Å². The van der Waals surface area contributed by atoms with Crippen molar-refractivity contribution in [3.63, 3.8) is 0 Å². The van der Waals surface area contributed by atoms with Gasteiger partial charge in [0, 0.05) is 23.9 Å². The molecular weight excluding hydrogens is 186 g/mol. The minimum atomic E-state index is 0.185. The van der Waals surface area contributed by atoms with E-state index in [9.17, 15) is 4.79 Å². The van der Waals surface area contributed by atoms with E-state index >= 15 is 0 Å². The first-order valence-electron chi connectivity index (χ1n) is 6.32. The number of rotatable bonds is 4. The maximum Gasteiger partial charge on any atom is 0.140 e. The third-order valence-corrected chi connectivity index (χ3v) is 3.25. The van der Waals surface area contributed by atoms with Crippen LogP contribution in [0, 0.1) is 11.8 Å². The maximum atomic E-state index is 12.0. The lowest BCUT2D eigenvalue weighted by Gasteiger charge is -2.33. The first kappa shape index (κ1) is 12.7. The van der Waals surface area contributed by atoms with Gasteiger partial charge in [-0.25, -0.2) is 0 Å². The summed E-state index contributed by atoms with van der Waals surface area (Å²) in [4.78, 5) is 12.0. The molecule has 15 heavy (non-hydrogen) atoms. The Balaban J connectivity index is 2.61. The summed E-state index contributed by atoms with van der Waals surface area (Å²) in [5, 5.41) is 3.55. The fraction of sp³-hybridized carbons (Fsp3) is 0.923. The van der Waals surface area contributed by atoms with Gasteiger partial charge in [-0.2, -0.15) is 0 Å². The molecule has 0 amide bonds. The van der Waals surface area contributed by atoms with Crippen molar-refractivity contribution in [2.45, 2.75) is 65.5 Å². The quantitative estimate of drug-likeness (QED) is 0.774. The lowest BCUT2D eigenvalue weighted by molar-refractivity contribution is -0.127. The molecule has 0 aliphatic heterocycles. The number of Topliss-reactive ketones (excluding diaryl/α,β-unsaturated/α-hetero) is 1. The fourth-order valence-electron chi connectivity index (χ4n) is 2.53. The van der Waals surface area contributed by atoms with Gasteiger partial charge in [-0.05, 0) is 12.8 Å². The monoisotopic (exact) mass is 211 g/mol. The average molecular weight is 211 g/mol. The third-order valence-electron chi connectivity index (χ3n) is 3.25. The largest absolute Gasteiger partial charge is 0.311 e. The zero-order chi connectivity index (χ0) is 11.4. The normalized spacial score (nSPS) is 27.3.